The minimum Gasteiger partial charge on any atom is -0.328 e. The van der Waals surface area contributed by atoms with E-state index in [2.05, 4.69) is 42.5 Å². The van der Waals surface area contributed by atoms with E-state index >= 15 is 0 Å². The molecule has 0 saturated heterocycles. The van der Waals surface area contributed by atoms with Gasteiger partial charge in [-0.2, -0.15) is 0 Å². The second-order valence-electron chi connectivity index (χ2n) is 3.78. The molecule has 0 fully saturated rings. The van der Waals surface area contributed by atoms with Gasteiger partial charge in [-0.25, -0.2) is 0 Å². The van der Waals surface area contributed by atoms with Crippen LogP contribution in [0.3, 0.4) is 0 Å². The third-order valence-corrected chi connectivity index (χ3v) is 3.23. The third-order valence-electron chi connectivity index (χ3n) is 1.41. The average molecular weight is 172 g/mol. The Balaban J connectivity index is 3.89. The molecule has 0 aromatic rings. The minimum absolute atomic E-state index is 0.305. The van der Waals surface area contributed by atoms with Crippen molar-refractivity contribution in [1.82, 2.24) is 9.96 Å². The van der Waals surface area contributed by atoms with Gasteiger partial charge in [0.2, 0.25) is 9.12 Å². The van der Waals surface area contributed by atoms with Crippen molar-refractivity contribution in [2.45, 2.75) is 20.8 Å². The first-order chi connectivity index (χ1) is 4.99. The Bertz CT molecular complexity index is 123. The predicted octanol–water partition coefficient (Wildman–Crippen LogP) is 0.787. The van der Waals surface area contributed by atoms with Crippen molar-refractivity contribution in [3.05, 3.63) is 11.8 Å². The monoisotopic (exact) mass is 172 g/mol. The van der Waals surface area contributed by atoms with Crippen molar-refractivity contribution in [1.29, 1.82) is 0 Å². The number of allylic oxidation sites excluding steroid dienone is 1. The van der Waals surface area contributed by atoms with E-state index in [9.17, 15) is 0 Å². The normalized spacial score (nSPS) is 13.3. The van der Waals surface area contributed by atoms with Gasteiger partial charge in [-0.1, -0.05) is 32.5 Å². The highest BCUT2D eigenvalue weighted by molar-refractivity contribution is 6.58. The molecule has 0 aliphatic heterocycles. The van der Waals surface area contributed by atoms with Crippen molar-refractivity contribution in [3.8, 4) is 0 Å². The molecule has 0 heterocycles. The minimum atomic E-state index is -0.972. The lowest BCUT2D eigenvalue weighted by Gasteiger charge is -2.13. The van der Waals surface area contributed by atoms with Crippen molar-refractivity contribution < 1.29 is 0 Å². The number of hydrogen-bond donors (Lipinski definition) is 2. The molecule has 0 rings (SSSR count). The van der Waals surface area contributed by atoms with Crippen LogP contribution in [-0.4, -0.2) is 23.2 Å². The molecule has 0 bridgehead atoms. The lowest BCUT2D eigenvalue weighted by Crippen LogP contribution is -2.41. The van der Waals surface area contributed by atoms with E-state index in [0.717, 1.165) is 0 Å². The van der Waals surface area contributed by atoms with E-state index in [1.165, 1.54) is 0 Å². The standard InChI is InChI=1S/C8H20N2Si/c1-8(2,3)6-7-11(9-4)10-5/h6-7,9-11H,1-5H3. The van der Waals surface area contributed by atoms with Gasteiger partial charge in [-0.05, 0) is 19.5 Å². The molecule has 2 N–H and O–H groups in total. The second-order valence-corrected chi connectivity index (χ2v) is 6.28. The van der Waals surface area contributed by atoms with Gasteiger partial charge in [-0.3, -0.25) is 0 Å². The van der Waals surface area contributed by atoms with E-state index in [0.29, 0.717) is 5.41 Å². The molecule has 66 valence electrons. The summed E-state index contributed by atoms with van der Waals surface area (Å²) in [5.41, 5.74) is 2.58. The number of nitrogens with one attached hydrogen (secondary N) is 2. The quantitative estimate of drug-likeness (QED) is 0.615. The first kappa shape index (κ1) is 10.9. The summed E-state index contributed by atoms with van der Waals surface area (Å²) in [5, 5.41) is 0. The lowest BCUT2D eigenvalue weighted by atomic mass is 9.98. The lowest BCUT2D eigenvalue weighted by molar-refractivity contribution is 0.544. The summed E-state index contributed by atoms with van der Waals surface area (Å²) >= 11 is 0. The summed E-state index contributed by atoms with van der Waals surface area (Å²) in [4.78, 5) is 6.53. The molecule has 2 nitrogen and oxygen atoms in total. The van der Waals surface area contributed by atoms with Crippen LogP contribution in [0.1, 0.15) is 20.8 Å². The Morgan fingerprint density at radius 2 is 1.55 bits per heavy atom. The van der Waals surface area contributed by atoms with E-state index in [-0.39, 0.29) is 0 Å². The van der Waals surface area contributed by atoms with Gasteiger partial charge in [0.15, 0.2) is 0 Å². The van der Waals surface area contributed by atoms with Gasteiger partial charge in [0.1, 0.15) is 0 Å². The number of hydrogen-bond acceptors (Lipinski definition) is 2. The molecule has 0 radical (unpaired) electrons. The first-order valence-corrected chi connectivity index (χ1v) is 5.85. The van der Waals surface area contributed by atoms with Crippen molar-refractivity contribution in [2.75, 3.05) is 14.1 Å². The van der Waals surface area contributed by atoms with Crippen LogP contribution in [0.4, 0.5) is 0 Å². The summed E-state index contributed by atoms with van der Waals surface area (Å²) in [6, 6.07) is 0. The first-order valence-electron chi connectivity index (χ1n) is 4.03. The topological polar surface area (TPSA) is 24.1 Å². The zero-order valence-electron chi connectivity index (χ0n) is 8.23. The van der Waals surface area contributed by atoms with Crippen LogP contribution in [0.5, 0.6) is 0 Å². The molecule has 0 aromatic carbocycles. The smallest absolute Gasteiger partial charge is 0.209 e. The number of rotatable bonds is 3. The molecule has 0 saturated carbocycles. The molecule has 0 amide bonds. The Morgan fingerprint density at radius 1 is 1.09 bits per heavy atom. The van der Waals surface area contributed by atoms with Gasteiger partial charge in [0.05, 0.1) is 0 Å². The highest BCUT2D eigenvalue weighted by Gasteiger charge is 2.06. The zero-order chi connectivity index (χ0) is 8.91. The Kier molecular flexibility index (Phi) is 4.64. The molecular weight excluding hydrogens is 152 g/mol. The highest BCUT2D eigenvalue weighted by atomic mass is 28.3. The zero-order valence-corrected chi connectivity index (χ0v) is 9.39. The average Bonchev–Trinajstić information content (AvgIpc) is 1.88. The summed E-state index contributed by atoms with van der Waals surface area (Å²) in [6.07, 6.45) is 2.26. The maximum atomic E-state index is 3.27. The van der Waals surface area contributed by atoms with Crippen LogP contribution in [0.15, 0.2) is 11.8 Å². The Morgan fingerprint density at radius 3 is 1.82 bits per heavy atom. The van der Waals surface area contributed by atoms with Crippen LogP contribution in [0, 0.1) is 5.41 Å². The van der Waals surface area contributed by atoms with Crippen molar-refractivity contribution in [3.63, 3.8) is 0 Å². The predicted molar refractivity (Wildman–Crippen MR) is 53.9 cm³/mol. The van der Waals surface area contributed by atoms with E-state index in [1.807, 2.05) is 14.1 Å². The van der Waals surface area contributed by atoms with Gasteiger partial charge in [-0.15, -0.1) is 0 Å². The van der Waals surface area contributed by atoms with Gasteiger partial charge in [0, 0.05) is 0 Å². The fourth-order valence-corrected chi connectivity index (χ4v) is 2.17. The highest BCUT2D eigenvalue weighted by Crippen LogP contribution is 2.13. The van der Waals surface area contributed by atoms with Crippen LogP contribution < -0.4 is 9.96 Å². The SMILES string of the molecule is CN[SiH](C=CC(C)(C)C)NC. The molecule has 3 heteroatoms. The molecule has 11 heavy (non-hydrogen) atoms. The fourth-order valence-electron chi connectivity index (χ4n) is 0.722. The maximum absolute atomic E-state index is 3.27. The molecule has 0 aromatic heterocycles. The van der Waals surface area contributed by atoms with Gasteiger partial charge in [0.25, 0.3) is 0 Å². The van der Waals surface area contributed by atoms with E-state index in [1.54, 1.807) is 0 Å². The molecule has 0 spiro atoms. The molecule has 0 atom stereocenters. The summed E-state index contributed by atoms with van der Waals surface area (Å²) in [7, 11) is 3.03. The van der Waals surface area contributed by atoms with E-state index < -0.39 is 9.12 Å². The summed E-state index contributed by atoms with van der Waals surface area (Å²) in [6.45, 7) is 6.63. The molecule has 0 aliphatic carbocycles. The fraction of sp³-hybridized carbons (Fsp3) is 0.750. The molecule has 0 unspecified atom stereocenters. The van der Waals surface area contributed by atoms with Crippen molar-refractivity contribution >= 4 is 9.12 Å². The Hall–Kier alpha value is -0.123. The van der Waals surface area contributed by atoms with Crippen LogP contribution in [0.25, 0.3) is 0 Å². The van der Waals surface area contributed by atoms with Crippen molar-refractivity contribution in [2.24, 2.45) is 5.41 Å². The van der Waals surface area contributed by atoms with Crippen LogP contribution >= 0.6 is 0 Å². The molecule has 0 aliphatic rings. The van der Waals surface area contributed by atoms with Gasteiger partial charge < -0.3 is 9.96 Å². The van der Waals surface area contributed by atoms with Gasteiger partial charge >= 0.3 is 0 Å². The third kappa shape index (κ3) is 6.28. The van der Waals surface area contributed by atoms with Crippen LogP contribution in [-0.2, 0) is 0 Å². The summed E-state index contributed by atoms with van der Waals surface area (Å²) in [5.74, 6) is 0. The van der Waals surface area contributed by atoms with E-state index in [4.69, 9.17) is 0 Å². The second kappa shape index (κ2) is 4.69. The maximum Gasteiger partial charge on any atom is 0.209 e. The molecular formula is C8H20N2Si. The largest absolute Gasteiger partial charge is 0.328 e. The van der Waals surface area contributed by atoms with Crippen LogP contribution in [0.2, 0.25) is 0 Å². The summed E-state index contributed by atoms with van der Waals surface area (Å²) < 4.78 is 0. The Labute approximate surface area is 71.8 Å².